The van der Waals surface area contributed by atoms with Crippen molar-refractivity contribution in [3.63, 3.8) is 0 Å². The molecule has 1 fully saturated rings. The molecule has 2 atom stereocenters. The Morgan fingerprint density at radius 3 is 2.50 bits per heavy atom. The van der Waals surface area contributed by atoms with E-state index in [4.69, 9.17) is 23.2 Å². The van der Waals surface area contributed by atoms with Crippen molar-refractivity contribution in [1.29, 1.82) is 0 Å². The Hall–Kier alpha value is -0.0600. The van der Waals surface area contributed by atoms with Crippen molar-refractivity contribution in [3.05, 3.63) is 33.6 Å². The average Bonchev–Trinajstić information content (AvgIpc) is 2.48. The van der Waals surface area contributed by atoms with Gasteiger partial charge < -0.3 is 5.32 Å². The largest absolute Gasteiger partial charge is 0.314 e. The maximum atomic E-state index is 14.5. The van der Waals surface area contributed by atoms with Gasteiger partial charge in [0.2, 0.25) is 0 Å². The monoisotopic (exact) mass is 368 g/mol. The summed E-state index contributed by atoms with van der Waals surface area (Å²) in [5.74, 6) is 0.0782. The normalized spacial score (nSPS) is 18.6. The van der Waals surface area contributed by atoms with Crippen LogP contribution >= 0.6 is 35.6 Å². The summed E-state index contributed by atoms with van der Waals surface area (Å²) in [5, 5.41) is 4.13. The summed E-state index contributed by atoms with van der Waals surface area (Å²) >= 11 is 12.5. The molecular weight excluding hydrogens is 346 g/mol. The van der Waals surface area contributed by atoms with Gasteiger partial charge in [-0.2, -0.15) is 0 Å². The van der Waals surface area contributed by atoms with Crippen molar-refractivity contribution in [2.45, 2.75) is 32.7 Å². The first-order valence-corrected chi connectivity index (χ1v) is 8.40. The van der Waals surface area contributed by atoms with Gasteiger partial charge in [0.1, 0.15) is 5.82 Å². The first-order valence-electron chi connectivity index (χ1n) is 7.64. The summed E-state index contributed by atoms with van der Waals surface area (Å²) in [6.07, 6.45) is 2.11. The topological polar surface area (TPSA) is 15.3 Å². The molecule has 1 aliphatic heterocycles. The Morgan fingerprint density at radius 2 is 1.91 bits per heavy atom. The molecule has 0 bridgehead atoms. The highest BCUT2D eigenvalue weighted by Crippen LogP contribution is 2.40. The lowest BCUT2D eigenvalue weighted by Gasteiger charge is -2.39. The molecule has 1 aliphatic rings. The molecule has 1 saturated heterocycles. The summed E-state index contributed by atoms with van der Waals surface area (Å²) in [7, 11) is 0. The van der Waals surface area contributed by atoms with E-state index >= 15 is 0 Å². The predicted molar refractivity (Wildman–Crippen MR) is 94.9 cm³/mol. The fourth-order valence-electron chi connectivity index (χ4n) is 3.21. The smallest absolute Gasteiger partial charge is 0.129 e. The molecular formula is C16H24Cl3FN2. The van der Waals surface area contributed by atoms with Crippen molar-refractivity contribution in [1.82, 2.24) is 10.2 Å². The molecule has 126 valence electrons. The SMILES string of the molecule is CCCC(C)[C@@H](c1c(F)ccc(Cl)c1Cl)N1CCNCC1.Cl. The van der Waals surface area contributed by atoms with Crippen molar-refractivity contribution in [2.75, 3.05) is 26.2 Å². The number of nitrogens with one attached hydrogen (secondary N) is 1. The highest BCUT2D eigenvalue weighted by Gasteiger charge is 2.31. The van der Waals surface area contributed by atoms with Crippen LogP contribution in [-0.4, -0.2) is 31.1 Å². The molecule has 2 rings (SSSR count). The van der Waals surface area contributed by atoms with E-state index in [2.05, 4.69) is 24.1 Å². The van der Waals surface area contributed by atoms with Gasteiger partial charge in [0.15, 0.2) is 0 Å². The third-order valence-corrected chi connectivity index (χ3v) is 5.02. The van der Waals surface area contributed by atoms with Gasteiger partial charge in [-0.05, 0) is 24.5 Å². The summed E-state index contributed by atoms with van der Waals surface area (Å²) < 4.78 is 14.5. The summed E-state index contributed by atoms with van der Waals surface area (Å²) in [4.78, 5) is 2.33. The lowest BCUT2D eigenvalue weighted by atomic mass is 9.88. The van der Waals surface area contributed by atoms with Crippen LogP contribution < -0.4 is 5.32 Å². The number of nitrogens with zero attached hydrogens (tertiary/aromatic N) is 1. The van der Waals surface area contributed by atoms with Gasteiger partial charge in [-0.25, -0.2) is 4.39 Å². The van der Waals surface area contributed by atoms with Crippen molar-refractivity contribution < 1.29 is 4.39 Å². The molecule has 0 amide bonds. The van der Waals surface area contributed by atoms with Crippen LogP contribution in [-0.2, 0) is 0 Å². The summed E-state index contributed by atoms with van der Waals surface area (Å²) in [6, 6.07) is 2.94. The minimum atomic E-state index is -0.254. The minimum absolute atomic E-state index is 0. The van der Waals surface area contributed by atoms with Gasteiger partial charge in [-0.15, -0.1) is 12.4 Å². The van der Waals surface area contributed by atoms with E-state index in [1.807, 2.05) is 0 Å². The van der Waals surface area contributed by atoms with E-state index in [1.165, 1.54) is 12.1 Å². The van der Waals surface area contributed by atoms with Crippen LogP contribution in [0.1, 0.15) is 38.3 Å². The molecule has 1 heterocycles. The standard InChI is InChI=1S/C16H23Cl2FN2.ClH/c1-3-4-11(2)16(21-9-7-20-8-10-21)14-13(19)6-5-12(17)15(14)18;/h5-6,11,16,20H,3-4,7-10H2,1-2H3;1H/t11?,16-;/m0./s1. The molecule has 2 nitrogen and oxygen atoms in total. The van der Waals surface area contributed by atoms with Gasteiger partial charge >= 0.3 is 0 Å². The third-order valence-electron chi connectivity index (χ3n) is 4.20. The van der Waals surface area contributed by atoms with E-state index < -0.39 is 0 Å². The van der Waals surface area contributed by atoms with Crippen LogP contribution in [0.3, 0.4) is 0 Å². The number of piperazine rings is 1. The molecule has 1 N–H and O–H groups in total. The van der Waals surface area contributed by atoms with Gasteiger partial charge in [-0.3, -0.25) is 4.90 Å². The summed E-state index contributed by atoms with van der Waals surface area (Å²) in [5.41, 5.74) is 0.562. The van der Waals surface area contributed by atoms with Gasteiger partial charge in [0.05, 0.1) is 10.0 Å². The fraction of sp³-hybridized carbons (Fsp3) is 0.625. The molecule has 0 spiro atoms. The van der Waals surface area contributed by atoms with Crippen molar-refractivity contribution in [2.24, 2.45) is 5.92 Å². The highest BCUT2D eigenvalue weighted by molar-refractivity contribution is 6.42. The van der Waals surface area contributed by atoms with E-state index in [0.717, 1.165) is 39.0 Å². The van der Waals surface area contributed by atoms with Crippen LogP contribution in [0.15, 0.2) is 12.1 Å². The Balaban J connectivity index is 0.00000242. The Labute approximate surface area is 148 Å². The van der Waals surface area contributed by atoms with E-state index in [9.17, 15) is 4.39 Å². The molecule has 0 radical (unpaired) electrons. The second-order valence-electron chi connectivity index (χ2n) is 5.75. The molecule has 1 aromatic carbocycles. The Morgan fingerprint density at radius 1 is 1.27 bits per heavy atom. The first kappa shape index (κ1) is 20.0. The first-order chi connectivity index (χ1) is 10.1. The molecule has 1 unspecified atom stereocenters. The number of rotatable bonds is 5. The molecule has 0 saturated carbocycles. The van der Waals surface area contributed by atoms with Crippen molar-refractivity contribution in [3.8, 4) is 0 Å². The lowest BCUT2D eigenvalue weighted by Crippen LogP contribution is -2.47. The van der Waals surface area contributed by atoms with Gasteiger partial charge in [0.25, 0.3) is 0 Å². The summed E-state index contributed by atoms with van der Waals surface area (Å²) in [6.45, 7) is 7.99. The molecule has 22 heavy (non-hydrogen) atoms. The van der Waals surface area contributed by atoms with Crippen LogP contribution in [0, 0.1) is 11.7 Å². The van der Waals surface area contributed by atoms with Crippen LogP contribution in [0.4, 0.5) is 4.39 Å². The minimum Gasteiger partial charge on any atom is -0.314 e. The zero-order valence-electron chi connectivity index (χ0n) is 13.0. The molecule has 0 aliphatic carbocycles. The predicted octanol–water partition coefficient (Wildman–Crippen LogP) is 4.94. The van der Waals surface area contributed by atoms with Gasteiger partial charge in [-0.1, -0.05) is 43.5 Å². The molecule has 6 heteroatoms. The zero-order chi connectivity index (χ0) is 15.4. The number of halogens is 4. The number of hydrogen-bond acceptors (Lipinski definition) is 2. The molecule has 0 aromatic heterocycles. The number of hydrogen-bond donors (Lipinski definition) is 1. The van der Waals surface area contributed by atoms with E-state index in [-0.39, 0.29) is 24.3 Å². The van der Waals surface area contributed by atoms with Gasteiger partial charge in [0, 0.05) is 37.8 Å². The maximum absolute atomic E-state index is 14.5. The van der Waals surface area contributed by atoms with Crippen LogP contribution in [0.2, 0.25) is 10.0 Å². The number of benzene rings is 1. The van der Waals surface area contributed by atoms with Crippen LogP contribution in [0.5, 0.6) is 0 Å². The van der Waals surface area contributed by atoms with Crippen LogP contribution in [0.25, 0.3) is 0 Å². The Kier molecular flexibility index (Phi) is 8.44. The zero-order valence-corrected chi connectivity index (χ0v) is 15.4. The fourth-order valence-corrected chi connectivity index (χ4v) is 3.64. The highest BCUT2D eigenvalue weighted by atomic mass is 35.5. The quantitative estimate of drug-likeness (QED) is 0.740. The molecule has 1 aromatic rings. The second-order valence-corrected chi connectivity index (χ2v) is 6.54. The van der Waals surface area contributed by atoms with E-state index in [0.29, 0.717) is 21.5 Å². The lowest BCUT2D eigenvalue weighted by molar-refractivity contribution is 0.123. The third kappa shape index (κ3) is 4.48. The second kappa shape index (κ2) is 9.29. The van der Waals surface area contributed by atoms with E-state index in [1.54, 1.807) is 0 Å². The average molecular weight is 370 g/mol. The Bertz CT molecular complexity index is 479. The van der Waals surface area contributed by atoms with Crippen molar-refractivity contribution >= 4 is 35.6 Å². The maximum Gasteiger partial charge on any atom is 0.129 e.